The minimum Gasteiger partial charge on any atom is -0.481 e. The van der Waals surface area contributed by atoms with Gasteiger partial charge in [-0.15, -0.1) is 0 Å². The maximum absolute atomic E-state index is 10.8. The number of carboxylic acids is 1. The predicted octanol–water partition coefficient (Wildman–Crippen LogP) is 1.13. The van der Waals surface area contributed by atoms with Gasteiger partial charge in [-0.2, -0.15) is 0 Å². The molecule has 0 radical (unpaired) electrons. The van der Waals surface area contributed by atoms with E-state index in [1.54, 1.807) is 0 Å². The molecule has 0 aromatic carbocycles. The lowest BCUT2D eigenvalue weighted by molar-refractivity contribution is -0.144. The molecule has 0 heterocycles. The van der Waals surface area contributed by atoms with Crippen molar-refractivity contribution in [3.05, 3.63) is 0 Å². The van der Waals surface area contributed by atoms with Crippen molar-refractivity contribution in [1.82, 2.24) is 5.32 Å². The Bertz CT molecular complexity index is 262. The van der Waals surface area contributed by atoms with Gasteiger partial charge in [-0.3, -0.25) is 4.79 Å². The number of aliphatic hydroxyl groups excluding tert-OH is 1. The Morgan fingerprint density at radius 2 is 1.79 bits per heavy atom. The molecule has 112 valence electrons. The summed E-state index contributed by atoms with van der Waals surface area (Å²) in [5.74, 6) is -1.02. The SMILES string of the molecule is O=C(O)C1CCC(O)(CNCCCCCCO)CC1. The van der Waals surface area contributed by atoms with Crippen LogP contribution < -0.4 is 5.32 Å². The summed E-state index contributed by atoms with van der Waals surface area (Å²) >= 11 is 0. The first-order valence-electron chi connectivity index (χ1n) is 7.34. The molecule has 1 aliphatic carbocycles. The van der Waals surface area contributed by atoms with E-state index in [1.165, 1.54) is 0 Å². The third kappa shape index (κ3) is 6.36. The van der Waals surface area contributed by atoms with Crippen LogP contribution in [0.5, 0.6) is 0 Å². The molecule has 1 rings (SSSR count). The van der Waals surface area contributed by atoms with Crippen molar-refractivity contribution in [2.75, 3.05) is 19.7 Å². The molecule has 0 aromatic rings. The summed E-state index contributed by atoms with van der Waals surface area (Å²) in [6, 6.07) is 0. The zero-order valence-electron chi connectivity index (χ0n) is 11.6. The van der Waals surface area contributed by atoms with Crippen LogP contribution in [0.25, 0.3) is 0 Å². The van der Waals surface area contributed by atoms with Crippen LogP contribution in [0.3, 0.4) is 0 Å². The summed E-state index contributed by atoms with van der Waals surface area (Å²) in [5.41, 5.74) is -0.725. The molecule has 4 N–H and O–H groups in total. The van der Waals surface area contributed by atoms with Gasteiger partial charge >= 0.3 is 5.97 Å². The molecule has 0 aromatic heterocycles. The predicted molar refractivity (Wildman–Crippen MR) is 73.0 cm³/mol. The van der Waals surface area contributed by atoms with Crippen molar-refractivity contribution >= 4 is 5.97 Å². The highest BCUT2D eigenvalue weighted by Gasteiger charge is 2.35. The second-order valence-corrected chi connectivity index (χ2v) is 5.65. The lowest BCUT2D eigenvalue weighted by Crippen LogP contribution is -2.44. The van der Waals surface area contributed by atoms with E-state index in [-0.39, 0.29) is 12.5 Å². The molecule has 0 saturated heterocycles. The first-order chi connectivity index (χ1) is 9.07. The Labute approximate surface area is 115 Å². The van der Waals surface area contributed by atoms with Crippen molar-refractivity contribution in [2.24, 2.45) is 5.92 Å². The van der Waals surface area contributed by atoms with Crippen LogP contribution in [0, 0.1) is 5.92 Å². The Hall–Kier alpha value is -0.650. The van der Waals surface area contributed by atoms with Crippen molar-refractivity contribution in [3.8, 4) is 0 Å². The summed E-state index contributed by atoms with van der Waals surface area (Å²) in [5, 5.41) is 31.1. The number of carbonyl (C=O) groups is 1. The van der Waals surface area contributed by atoms with Crippen molar-refractivity contribution in [1.29, 1.82) is 0 Å². The molecule has 0 aliphatic heterocycles. The number of nitrogens with one attached hydrogen (secondary N) is 1. The van der Waals surface area contributed by atoms with Gasteiger partial charge in [0.15, 0.2) is 0 Å². The first-order valence-corrected chi connectivity index (χ1v) is 7.34. The van der Waals surface area contributed by atoms with Crippen LogP contribution in [0.4, 0.5) is 0 Å². The maximum atomic E-state index is 10.8. The summed E-state index contributed by atoms with van der Waals surface area (Å²) < 4.78 is 0. The highest BCUT2D eigenvalue weighted by atomic mass is 16.4. The number of aliphatic carboxylic acids is 1. The number of hydrogen-bond donors (Lipinski definition) is 4. The monoisotopic (exact) mass is 273 g/mol. The zero-order valence-corrected chi connectivity index (χ0v) is 11.6. The van der Waals surface area contributed by atoms with Crippen LogP contribution in [-0.4, -0.2) is 46.6 Å². The van der Waals surface area contributed by atoms with Crippen molar-refractivity contribution in [2.45, 2.75) is 57.0 Å². The molecule has 1 fully saturated rings. The van der Waals surface area contributed by atoms with Crippen molar-refractivity contribution in [3.63, 3.8) is 0 Å². The fourth-order valence-electron chi connectivity index (χ4n) is 2.62. The van der Waals surface area contributed by atoms with Crippen LogP contribution >= 0.6 is 0 Å². The van der Waals surface area contributed by atoms with Gasteiger partial charge in [0, 0.05) is 13.2 Å². The average Bonchev–Trinajstić information content (AvgIpc) is 2.38. The van der Waals surface area contributed by atoms with Crippen LogP contribution in [0.1, 0.15) is 51.4 Å². The first kappa shape index (κ1) is 16.4. The van der Waals surface area contributed by atoms with E-state index in [0.29, 0.717) is 32.2 Å². The van der Waals surface area contributed by atoms with E-state index in [9.17, 15) is 9.90 Å². The van der Waals surface area contributed by atoms with E-state index in [1.807, 2.05) is 0 Å². The van der Waals surface area contributed by atoms with Gasteiger partial charge in [-0.1, -0.05) is 12.8 Å². The molecular weight excluding hydrogens is 246 g/mol. The summed E-state index contributed by atoms with van der Waals surface area (Å²) in [4.78, 5) is 10.8. The number of aliphatic hydroxyl groups is 2. The van der Waals surface area contributed by atoms with Crippen LogP contribution in [0.15, 0.2) is 0 Å². The largest absolute Gasteiger partial charge is 0.481 e. The van der Waals surface area contributed by atoms with Gasteiger partial charge in [0.2, 0.25) is 0 Å². The van der Waals surface area contributed by atoms with Crippen LogP contribution in [0.2, 0.25) is 0 Å². The van der Waals surface area contributed by atoms with E-state index in [4.69, 9.17) is 10.2 Å². The Kier molecular flexibility index (Phi) is 7.34. The molecule has 0 spiro atoms. The smallest absolute Gasteiger partial charge is 0.306 e. The normalized spacial score (nSPS) is 27.4. The van der Waals surface area contributed by atoms with Gasteiger partial charge in [0.25, 0.3) is 0 Å². The standard InChI is InChI=1S/C14H27NO4/c16-10-4-2-1-3-9-15-11-14(19)7-5-12(6-8-14)13(17)18/h12,15-16,19H,1-11H2,(H,17,18). The molecule has 5 heteroatoms. The second-order valence-electron chi connectivity index (χ2n) is 5.65. The summed E-state index contributed by atoms with van der Waals surface area (Å²) in [7, 11) is 0. The fraction of sp³-hybridized carbons (Fsp3) is 0.929. The quantitative estimate of drug-likeness (QED) is 0.473. The zero-order chi connectivity index (χ0) is 14.1. The molecule has 0 amide bonds. The van der Waals surface area contributed by atoms with Crippen LogP contribution in [-0.2, 0) is 4.79 Å². The highest BCUT2D eigenvalue weighted by molar-refractivity contribution is 5.70. The lowest BCUT2D eigenvalue weighted by atomic mass is 9.79. The number of carboxylic acid groups (broad SMARTS) is 1. The molecule has 0 atom stereocenters. The van der Waals surface area contributed by atoms with Gasteiger partial charge in [-0.25, -0.2) is 0 Å². The second kappa shape index (κ2) is 8.51. The summed E-state index contributed by atoms with van der Waals surface area (Å²) in [6.45, 7) is 1.69. The van der Waals surface area contributed by atoms with E-state index >= 15 is 0 Å². The summed E-state index contributed by atoms with van der Waals surface area (Å²) in [6.07, 6.45) is 6.33. The minimum atomic E-state index is -0.737. The molecule has 5 nitrogen and oxygen atoms in total. The molecule has 1 aliphatic rings. The fourth-order valence-corrected chi connectivity index (χ4v) is 2.62. The average molecular weight is 273 g/mol. The minimum absolute atomic E-state index is 0.262. The molecule has 1 saturated carbocycles. The third-order valence-corrected chi connectivity index (χ3v) is 3.98. The molecular formula is C14H27NO4. The van der Waals surface area contributed by atoms with Gasteiger partial charge in [0.1, 0.15) is 0 Å². The molecule has 19 heavy (non-hydrogen) atoms. The maximum Gasteiger partial charge on any atom is 0.306 e. The van der Waals surface area contributed by atoms with Gasteiger partial charge in [0.05, 0.1) is 11.5 Å². The van der Waals surface area contributed by atoms with E-state index in [2.05, 4.69) is 5.32 Å². The Morgan fingerprint density at radius 1 is 1.16 bits per heavy atom. The van der Waals surface area contributed by atoms with Gasteiger partial charge in [-0.05, 0) is 45.1 Å². The Balaban J connectivity index is 2.07. The number of rotatable bonds is 9. The number of unbranched alkanes of at least 4 members (excludes halogenated alkanes) is 3. The van der Waals surface area contributed by atoms with Gasteiger partial charge < -0.3 is 20.6 Å². The van der Waals surface area contributed by atoms with E-state index in [0.717, 1.165) is 32.2 Å². The van der Waals surface area contributed by atoms with E-state index < -0.39 is 11.6 Å². The van der Waals surface area contributed by atoms with Crippen molar-refractivity contribution < 1.29 is 20.1 Å². The third-order valence-electron chi connectivity index (χ3n) is 3.98. The lowest BCUT2D eigenvalue weighted by Gasteiger charge is -2.34. The Morgan fingerprint density at radius 3 is 2.37 bits per heavy atom. The molecule has 0 unspecified atom stereocenters. The number of hydrogen-bond acceptors (Lipinski definition) is 4. The molecule has 0 bridgehead atoms. The highest BCUT2D eigenvalue weighted by Crippen LogP contribution is 2.31. The topological polar surface area (TPSA) is 89.8 Å².